The van der Waals surface area contributed by atoms with E-state index in [-0.39, 0.29) is 12.3 Å². The molecule has 1 aliphatic rings. The van der Waals surface area contributed by atoms with E-state index in [1.807, 2.05) is 4.57 Å². The highest BCUT2D eigenvalue weighted by Gasteiger charge is 2.29. The molecular weight excluding hydrogens is 294 g/mol. The third kappa shape index (κ3) is 3.44. The number of hydrogen-bond donors (Lipinski definition) is 2. The Morgan fingerprint density at radius 2 is 2.22 bits per heavy atom. The second-order valence-electron chi connectivity index (χ2n) is 6.44. The first kappa shape index (κ1) is 16.1. The van der Waals surface area contributed by atoms with E-state index in [0.717, 1.165) is 31.6 Å². The van der Waals surface area contributed by atoms with Crippen molar-refractivity contribution in [2.75, 3.05) is 32.4 Å². The normalized spacial score (nSPS) is 23.0. The molecule has 3 rings (SSSR count). The average molecular weight is 319 g/mol. The second kappa shape index (κ2) is 6.77. The summed E-state index contributed by atoms with van der Waals surface area (Å²) < 4.78 is 8.14. The molecule has 8 nitrogen and oxygen atoms in total. The van der Waals surface area contributed by atoms with Gasteiger partial charge in [-0.3, -0.25) is 4.57 Å². The van der Waals surface area contributed by atoms with Crippen molar-refractivity contribution in [2.24, 2.45) is 11.7 Å². The van der Waals surface area contributed by atoms with Gasteiger partial charge >= 0.3 is 0 Å². The molecule has 0 amide bonds. The van der Waals surface area contributed by atoms with E-state index in [4.69, 9.17) is 16.2 Å². The van der Waals surface area contributed by atoms with Crippen LogP contribution in [0.3, 0.4) is 0 Å². The van der Waals surface area contributed by atoms with Crippen molar-refractivity contribution in [2.45, 2.75) is 32.1 Å². The molecule has 0 aliphatic carbocycles. The highest BCUT2D eigenvalue weighted by molar-refractivity contribution is 5.81. The molecule has 3 unspecified atom stereocenters. The topological polar surface area (TPSA) is 108 Å². The Balaban J connectivity index is 1.64. The maximum Gasteiger partial charge on any atom is 0.167 e. The summed E-state index contributed by atoms with van der Waals surface area (Å²) in [5, 5.41) is 0. The summed E-state index contributed by atoms with van der Waals surface area (Å²) in [4.78, 5) is 14.9. The van der Waals surface area contributed by atoms with E-state index in [2.05, 4.69) is 33.8 Å². The summed E-state index contributed by atoms with van der Waals surface area (Å²) in [6, 6.07) is 0. The summed E-state index contributed by atoms with van der Waals surface area (Å²) in [5.41, 5.74) is 12.9. The van der Waals surface area contributed by atoms with Crippen LogP contribution in [0.2, 0.25) is 0 Å². The Kier molecular flexibility index (Phi) is 4.74. The molecule has 2 aromatic heterocycles. The van der Waals surface area contributed by atoms with Crippen molar-refractivity contribution in [1.82, 2.24) is 24.4 Å². The Bertz CT molecular complexity index is 658. The minimum Gasteiger partial charge on any atom is -0.382 e. The second-order valence-corrected chi connectivity index (χ2v) is 6.44. The minimum atomic E-state index is -0.0420. The van der Waals surface area contributed by atoms with Crippen LogP contribution >= 0.6 is 0 Å². The first-order valence-corrected chi connectivity index (χ1v) is 8.05. The van der Waals surface area contributed by atoms with Crippen LogP contribution in [-0.2, 0) is 4.74 Å². The van der Waals surface area contributed by atoms with E-state index in [1.165, 1.54) is 6.33 Å². The van der Waals surface area contributed by atoms with Crippen LogP contribution < -0.4 is 11.5 Å². The van der Waals surface area contributed by atoms with Crippen molar-refractivity contribution in [3.05, 3.63) is 12.7 Å². The van der Waals surface area contributed by atoms with E-state index in [0.29, 0.717) is 23.8 Å². The lowest BCUT2D eigenvalue weighted by Gasteiger charge is -2.24. The van der Waals surface area contributed by atoms with Gasteiger partial charge in [-0.25, -0.2) is 15.0 Å². The van der Waals surface area contributed by atoms with E-state index >= 15 is 0 Å². The lowest BCUT2D eigenvalue weighted by Crippen LogP contribution is -2.34. The number of anilines is 1. The first-order valence-electron chi connectivity index (χ1n) is 8.05. The number of hydrogen-bond acceptors (Lipinski definition) is 7. The molecule has 2 aromatic rings. The van der Waals surface area contributed by atoms with Gasteiger partial charge < -0.3 is 21.1 Å². The molecule has 3 heterocycles. The Labute approximate surface area is 135 Å². The number of nitrogens with zero attached hydrogens (tertiary/aromatic N) is 5. The molecule has 8 heteroatoms. The van der Waals surface area contributed by atoms with Crippen molar-refractivity contribution < 1.29 is 4.74 Å². The number of likely N-dealkylation sites (N-methyl/N-ethyl adjacent to an activating group) is 1. The highest BCUT2D eigenvalue weighted by atomic mass is 16.5. The predicted octanol–water partition coefficient (Wildman–Crippen LogP) is 0.613. The van der Waals surface area contributed by atoms with Crippen LogP contribution in [0.15, 0.2) is 12.7 Å². The lowest BCUT2D eigenvalue weighted by atomic mass is 10.1. The Hall–Kier alpha value is -1.77. The zero-order valence-electron chi connectivity index (χ0n) is 13.7. The quantitative estimate of drug-likeness (QED) is 0.803. The smallest absolute Gasteiger partial charge is 0.167 e. The van der Waals surface area contributed by atoms with Crippen LogP contribution in [0, 0.1) is 5.92 Å². The van der Waals surface area contributed by atoms with Crippen LogP contribution in [-0.4, -0.2) is 57.2 Å². The van der Waals surface area contributed by atoms with Gasteiger partial charge in [0.1, 0.15) is 18.1 Å². The average Bonchev–Trinajstić information content (AvgIpc) is 3.14. The van der Waals surface area contributed by atoms with Crippen molar-refractivity contribution >= 4 is 17.0 Å². The van der Waals surface area contributed by atoms with Gasteiger partial charge in [-0.05, 0) is 32.4 Å². The molecule has 1 saturated heterocycles. The maximum atomic E-state index is 6.19. The number of imidazole rings is 1. The standard InChI is InChI=1S/C15H25N7O/c1-10(5-16)6-21(2)7-11-3-4-12(23-11)22-9-20-13-14(17)18-8-19-15(13)22/h8-12H,3-7,16H2,1-2H3,(H2,17,18,19). The number of aromatic nitrogens is 4. The lowest BCUT2D eigenvalue weighted by molar-refractivity contribution is -0.00957. The number of nitrogens with two attached hydrogens (primary N) is 2. The largest absolute Gasteiger partial charge is 0.382 e. The Morgan fingerprint density at radius 1 is 1.39 bits per heavy atom. The van der Waals surface area contributed by atoms with Gasteiger partial charge in [0.15, 0.2) is 11.5 Å². The van der Waals surface area contributed by atoms with Crippen LogP contribution in [0.25, 0.3) is 11.2 Å². The Morgan fingerprint density at radius 3 is 3.00 bits per heavy atom. The molecule has 126 valence electrons. The van der Waals surface area contributed by atoms with Gasteiger partial charge in [0.05, 0.1) is 12.4 Å². The highest BCUT2D eigenvalue weighted by Crippen LogP contribution is 2.31. The molecule has 0 radical (unpaired) electrons. The number of nitrogen functional groups attached to an aromatic ring is 1. The summed E-state index contributed by atoms with van der Waals surface area (Å²) in [6.45, 7) is 4.76. The molecule has 1 fully saturated rings. The molecule has 0 saturated carbocycles. The molecule has 1 aliphatic heterocycles. The van der Waals surface area contributed by atoms with Gasteiger partial charge in [0.2, 0.25) is 0 Å². The third-order valence-electron chi connectivity index (χ3n) is 4.32. The van der Waals surface area contributed by atoms with E-state index in [9.17, 15) is 0 Å². The van der Waals surface area contributed by atoms with Gasteiger partial charge in [-0.1, -0.05) is 6.92 Å². The van der Waals surface area contributed by atoms with Crippen molar-refractivity contribution in [1.29, 1.82) is 0 Å². The van der Waals surface area contributed by atoms with Gasteiger partial charge in [-0.15, -0.1) is 0 Å². The van der Waals surface area contributed by atoms with Crippen LogP contribution in [0.1, 0.15) is 26.0 Å². The molecule has 4 N–H and O–H groups in total. The summed E-state index contributed by atoms with van der Waals surface area (Å²) in [6.07, 6.45) is 5.34. The molecular formula is C15H25N7O. The van der Waals surface area contributed by atoms with Crippen LogP contribution in [0.5, 0.6) is 0 Å². The minimum absolute atomic E-state index is 0.0420. The maximum absolute atomic E-state index is 6.19. The molecule has 0 aromatic carbocycles. The monoisotopic (exact) mass is 319 g/mol. The van der Waals surface area contributed by atoms with E-state index < -0.39 is 0 Å². The predicted molar refractivity (Wildman–Crippen MR) is 88.6 cm³/mol. The zero-order chi connectivity index (χ0) is 16.4. The SMILES string of the molecule is CC(CN)CN(C)CC1CCC(n2cnc3c(N)ncnc32)O1. The third-order valence-corrected chi connectivity index (χ3v) is 4.32. The van der Waals surface area contributed by atoms with Gasteiger partial charge in [0.25, 0.3) is 0 Å². The number of rotatable bonds is 6. The fourth-order valence-corrected chi connectivity index (χ4v) is 3.14. The molecule has 0 bridgehead atoms. The summed E-state index contributed by atoms with van der Waals surface area (Å²) in [5.74, 6) is 0.897. The van der Waals surface area contributed by atoms with E-state index in [1.54, 1.807) is 6.33 Å². The molecule has 0 spiro atoms. The summed E-state index contributed by atoms with van der Waals surface area (Å²) >= 11 is 0. The van der Waals surface area contributed by atoms with Gasteiger partial charge in [0, 0.05) is 13.1 Å². The fourth-order valence-electron chi connectivity index (χ4n) is 3.14. The molecule has 23 heavy (non-hydrogen) atoms. The van der Waals surface area contributed by atoms with Crippen LogP contribution in [0.4, 0.5) is 5.82 Å². The van der Waals surface area contributed by atoms with Gasteiger partial charge in [-0.2, -0.15) is 0 Å². The number of fused-ring (bicyclic) bond motifs is 1. The number of ether oxygens (including phenoxy) is 1. The van der Waals surface area contributed by atoms with Crippen molar-refractivity contribution in [3.63, 3.8) is 0 Å². The zero-order valence-corrected chi connectivity index (χ0v) is 13.7. The first-order chi connectivity index (χ1) is 11.1. The molecule has 3 atom stereocenters. The summed E-state index contributed by atoms with van der Waals surface area (Å²) in [7, 11) is 2.11. The fraction of sp³-hybridized carbons (Fsp3) is 0.667. The van der Waals surface area contributed by atoms with Crippen molar-refractivity contribution in [3.8, 4) is 0 Å².